The summed E-state index contributed by atoms with van der Waals surface area (Å²) in [4.78, 5) is 23.5. The summed E-state index contributed by atoms with van der Waals surface area (Å²) in [7, 11) is 0. The van der Waals surface area contributed by atoms with Crippen molar-refractivity contribution in [3.05, 3.63) is 17.0 Å². The number of rotatable bonds is 2. The van der Waals surface area contributed by atoms with E-state index in [4.69, 9.17) is 5.73 Å². The highest BCUT2D eigenvalue weighted by atomic mass is 16.3. The third kappa shape index (κ3) is 2.69. The van der Waals surface area contributed by atoms with Gasteiger partial charge < -0.3 is 15.7 Å². The summed E-state index contributed by atoms with van der Waals surface area (Å²) in [5.74, 6) is 0.366. The fourth-order valence-corrected chi connectivity index (χ4v) is 4.08. The van der Waals surface area contributed by atoms with Crippen LogP contribution in [0.1, 0.15) is 60.3 Å². The van der Waals surface area contributed by atoms with E-state index in [-0.39, 0.29) is 17.8 Å². The molecule has 1 unspecified atom stereocenters. The summed E-state index contributed by atoms with van der Waals surface area (Å²) >= 11 is 0. The lowest BCUT2D eigenvalue weighted by Crippen LogP contribution is -2.45. The predicted octanol–water partition coefficient (Wildman–Crippen LogP) is 1.31. The van der Waals surface area contributed by atoms with Gasteiger partial charge in [-0.05, 0) is 51.4 Å². The molecule has 6 heteroatoms. The zero-order valence-electron chi connectivity index (χ0n) is 13.4. The lowest BCUT2D eigenvalue weighted by molar-refractivity contribution is 0.0278. The normalized spacial score (nSPS) is 25.8. The number of amides is 1. The number of piperidine rings is 1. The van der Waals surface area contributed by atoms with Gasteiger partial charge in [-0.1, -0.05) is 0 Å². The first-order valence-electron chi connectivity index (χ1n) is 8.74. The lowest BCUT2D eigenvalue weighted by atomic mass is 9.89. The molecule has 1 aromatic rings. The third-order valence-corrected chi connectivity index (χ3v) is 5.63. The molecule has 124 valence electrons. The Balaban J connectivity index is 1.60. The first kappa shape index (κ1) is 14.9. The molecule has 2 heterocycles. The predicted molar refractivity (Wildman–Crippen MR) is 85.9 cm³/mol. The molecule has 3 N–H and O–H groups in total. The minimum Gasteiger partial charge on any atom is -0.390 e. The zero-order chi connectivity index (χ0) is 16.0. The Labute approximate surface area is 136 Å². The van der Waals surface area contributed by atoms with Crippen LogP contribution in [0.2, 0.25) is 0 Å². The Morgan fingerprint density at radius 2 is 2.00 bits per heavy atom. The van der Waals surface area contributed by atoms with Gasteiger partial charge in [0.15, 0.2) is 0 Å². The first-order chi connectivity index (χ1) is 11.1. The van der Waals surface area contributed by atoms with Gasteiger partial charge in [-0.2, -0.15) is 0 Å². The number of aliphatic hydroxyl groups is 1. The Bertz CT molecular complexity index is 642. The summed E-state index contributed by atoms with van der Waals surface area (Å²) in [5.41, 5.74) is 7.73. The highest BCUT2D eigenvalue weighted by Gasteiger charge is 2.49. The fourth-order valence-electron chi connectivity index (χ4n) is 4.08. The first-order valence-corrected chi connectivity index (χ1v) is 8.74. The van der Waals surface area contributed by atoms with E-state index in [1.54, 1.807) is 0 Å². The minimum atomic E-state index is -0.525. The van der Waals surface area contributed by atoms with E-state index in [0.29, 0.717) is 12.2 Å². The average Bonchev–Trinajstić information content (AvgIpc) is 3.32. The van der Waals surface area contributed by atoms with Crippen LogP contribution < -0.4 is 5.73 Å². The number of likely N-dealkylation sites (tertiary alicyclic amines) is 1. The molecule has 1 saturated carbocycles. The van der Waals surface area contributed by atoms with Crippen molar-refractivity contribution in [3.63, 3.8) is 0 Å². The number of aryl methyl sites for hydroxylation is 1. The number of hydrogen-bond acceptors (Lipinski definition) is 5. The number of carbonyl (C=O) groups excluding carboxylic acids is 1. The Morgan fingerprint density at radius 1 is 1.22 bits per heavy atom. The lowest BCUT2D eigenvalue weighted by Gasteiger charge is -2.35. The number of nitrogens with two attached hydrogens (primary N) is 1. The summed E-state index contributed by atoms with van der Waals surface area (Å²) in [6, 6.07) is 0. The van der Waals surface area contributed by atoms with Crippen LogP contribution in [-0.4, -0.2) is 44.6 Å². The Kier molecular flexibility index (Phi) is 3.52. The molecule has 0 spiro atoms. The Morgan fingerprint density at radius 3 is 2.78 bits per heavy atom. The monoisotopic (exact) mass is 316 g/mol. The molecular formula is C17H24N4O2. The summed E-state index contributed by atoms with van der Waals surface area (Å²) in [6.45, 7) is 1.37. The van der Waals surface area contributed by atoms with Gasteiger partial charge in [0.25, 0.3) is 5.91 Å². The molecule has 1 saturated heterocycles. The number of nitrogen functional groups attached to an aromatic ring is 1. The molecule has 0 aromatic carbocycles. The van der Waals surface area contributed by atoms with Crippen molar-refractivity contribution in [2.45, 2.75) is 57.0 Å². The van der Waals surface area contributed by atoms with Gasteiger partial charge in [0.1, 0.15) is 5.69 Å². The van der Waals surface area contributed by atoms with Gasteiger partial charge in [-0.15, -0.1) is 0 Å². The van der Waals surface area contributed by atoms with Crippen LogP contribution in [0.4, 0.5) is 5.95 Å². The molecule has 4 rings (SSSR count). The molecule has 3 aliphatic rings. The summed E-state index contributed by atoms with van der Waals surface area (Å²) in [5, 5.41) is 10.4. The second-order valence-electron chi connectivity index (χ2n) is 7.26. The van der Waals surface area contributed by atoms with E-state index < -0.39 is 5.60 Å². The van der Waals surface area contributed by atoms with Crippen molar-refractivity contribution >= 4 is 11.9 Å². The SMILES string of the molecule is Nc1nc2c(c(C(=O)N3CCCC(C4(O)CC4)C3)n1)CCCC2. The second kappa shape index (κ2) is 5.44. The summed E-state index contributed by atoms with van der Waals surface area (Å²) in [6.07, 6.45) is 7.60. The van der Waals surface area contributed by atoms with Crippen LogP contribution in [0.25, 0.3) is 0 Å². The van der Waals surface area contributed by atoms with Crippen molar-refractivity contribution < 1.29 is 9.90 Å². The van der Waals surface area contributed by atoms with Crippen molar-refractivity contribution in [2.75, 3.05) is 18.8 Å². The molecule has 2 fully saturated rings. The maximum atomic E-state index is 13.0. The standard InChI is InChI=1S/C17H24N4O2/c18-16-19-13-6-2-1-5-12(13)14(20-16)15(22)21-9-3-4-11(10-21)17(23)7-8-17/h11,23H,1-10H2,(H2,18,19,20). The topological polar surface area (TPSA) is 92.3 Å². The maximum Gasteiger partial charge on any atom is 0.272 e. The van der Waals surface area contributed by atoms with Crippen molar-refractivity contribution in [2.24, 2.45) is 5.92 Å². The number of fused-ring (bicyclic) bond motifs is 1. The number of carbonyl (C=O) groups is 1. The minimum absolute atomic E-state index is 0.0359. The average molecular weight is 316 g/mol. The fraction of sp³-hybridized carbons (Fsp3) is 0.706. The van der Waals surface area contributed by atoms with Crippen LogP contribution in [0, 0.1) is 5.92 Å². The highest BCUT2D eigenvalue weighted by Crippen LogP contribution is 2.45. The van der Waals surface area contributed by atoms with Crippen LogP contribution >= 0.6 is 0 Å². The molecule has 1 aliphatic heterocycles. The molecule has 23 heavy (non-hydrogen) atoms. The molecule has 0 bridgehead atoms. The van der Waals surface area contributed by atoms with Crippen LogP contribution in [0.5, 0.6) is 0 Å². The second-order valence-corrected chi connectivity index (χ2v) is 7.26. The van der Waals surface area contributed by atoms with Gasteiger partial charge in [0.2, 0.25) is 5.95 Å². The highest BCUT2D eigenvalue weighted by molar-refractivity contribution is 5.94. The van der Waals surface area contributed by atoms with E-state index in [2.05, 4.69) is 9.97 Å². The molecular weight excluding hydrogens is 292 g/mol. The van der Waals surface area contributed by atoms with E-state index in [1.807, 2.05) is 4.90 Å². The molecule has 1 amide bonds. The van der Waals surface area contributed by atoms with Gasteiger partial charge >= 0.3 is 0 Å². The number of anilines is 1. The Hall–Kier alpha value is -1.69. The smallest absolute Gasteiger partial charge is 0.272 e. The molecule has 6 nitrogen and oxygen atoms in total. The third-order valence-electron chi connectivity index (χ3n) is 5.63. The van der Waals surface area contributed by atoms with E-state index in [9.17, 15) is 9.90 Å². The molecule has 0 radical (unpaired) electrons. The maximum absolute atomic E-state index is 13.0. The molecule has 2 aliphatic carbocycles. The van der Waals surface area contributed by atoms with E-state index in [1.165, 1.54) is 0 Å². The van der Waals surface area contributed by atoms with Crippen molar-refractivity contribution in [1.82, 2.24) is 14.9 Å². The van der Waals surface area contributed by atoms with E-state index in [0.717, 1.165) is 69.2 Å². The van der Waals surface area contributed by atoms with Gasteiger partial charge in [0.05, 0.1) is 5.60 Å². The van der Waals surface area contributed by atoms with E-state index >= 15 is 0 Å². The summed E-state index contributed by atoms with van der Waals surface area (Å²) < 4.78 is 0. The quantitative estimate of drug-likeness (QED) is 0.858. The largest absolute Gasteiger partial charge is 0.390 e. The zero-order valence-corrected chi connectivity index (χ0v) is 13.4. The van der Waals surface area contributed by atoms with Crippen LogP contribution in [-0.2, 0) is 12.8 Å². The number of nitrogens with zero attached hydrogens (tertiary/aromatic N) is 3. The molecule has 1 aromatic heterocycles. The van der Waals surface area contributed by atoms with Gasteiger partial charge in [-0.25, -0.2) is 9.97 Å². The van der Waals surface area contributed by atoms with Crippen LogP contribution in [0.3, 0.4) is 0 Å². The van der Waals surface area contributed by atoms with Gasteiger partial charge in [-0.3, -0.25) is 4.79 Å². The van der Waals surface area contributed by atoms with Crippen molar-refractivity contribution in [3.8, 4) is 0 Å². The van der Waals surface area contributed by atoms with Crippen molar-refractivity contribution in [1.29, 1.82) is 0 Å². The van der Waals surface area contributed by atoms with Crippen LogP contribution in [0.15, 0.2) is 0 Å². The number of aromatic nitrogens is 2. The number of hydrogen-bond donors (Lipinski definition) is 2. The molecule has 1 atom stereocenters. The van der Waals surface area contributed by atoms with Gasteiger partial charge in [0, 0.05) is 30.3 Å².